The van der Waals surface area contributed by atoms with Crippen LogP contribution in [-0.2, 0) is 0 Å². The Hall–Kier alpha value is -1.33. The number of benzene rings is 1. The Balaban J connectivity index is 2.77. The van der Waals surface area contributed by atoms with Crippen molar-refractivity contribution < 1.29 is 9.50 Å². The summed E-state index contributed by atoms with van der Waals surface area (Å²) in [6.45, 7) is 3.76. The SMILES string of the molecule is CC(C)C(O)C#Cc1cccc(F)c1. The highest BCUT2D eigenvalue weighted by molar-refractivity contribution is 5.35. The Morgan fingerprint density at radius 1 is 1.36 bits per heavy atom. The molecule has 14 heavy (non-hydrogen) atoms. The normalized spacial score (nSPS) is 12.1. The number of aliphatic hydroxyl groups is 1. The molecule has 0 spiro atoms. The fourth-order valence-corrected chi connectivity index (χ4v) is 0.890. The van der Waals surface area contributed by atoms with E-state index >= 15 is 0 Å². The van der Waals surface area contributed by atoms with E-state index < -0.39 is 6.10 Å². The Bertz CT molecular complexity index is 360. The maximum Gasteiger partial charge on any atom is 0.124 e. The van der Waals surface area contributed by atoms with Crippen molar-refractivity contribution in [3.8, 4) is 11.8 Å². The number of aliphatic hydroxyl groups excluding tert-OH is 1. The van der Waals surface area contributed by atoms with Gasteiger partial charge in [0, 0.05) is 5.56 Å². The van der Waals surface area contributed by atoms with Crippen LogP contribution in [0.15, 0.2) is 24.3 Å². The molecule has 1 aromatic carbocycles. The van der Waals surface area contributed by atoms with Gasteiger partial charge in [-0.05, 0) is 24.1 Å². The summed E-state index contributed by atoms with van der Waals surface area (Å²) in [6, 6.07) is 6.02. The third-order valence-corrected chi connectivity index (χ3v) is 1.82. The number of hydrogen-bond donors (Lipinski definition) is 1. The second-order valence-corrected chi connectivity index (χ2v) is 3.47. The maximum absolute atomic E-state index is 12.7. The van der Waals surface area contributed by atoms with Crippen LogP contribution in [-0.4, -0.2) is 11.2 Å². The van der Waals surface area contributed by atoms with Gasteiger partial charge in [-0.1, -0.05) is 31.8 Å². The molecule has 0 aliphatic rings. The molecule has 1 rings (SSSR count). The molecule has 1 unspecified atom stereocenters. The van der Waals surface area contributed by atoms with Crippen molar-refractivity contribution in [3.63, 3.8) is 0 Å². The van der Waals surface area contributed by atoms with E-state index in [1.807, 2.05) is 13.8 Å². The molecule has 1 atom stereocenters. The van der Waals surface area contributed by atoms with Gasteiger partial charge in [-0.3, -0.25) is 0 Å². The zero-order valence-corrected chi connectivity index (χ0v) is 8.29. The number of rotatable bonds is 1. The van der Waals surface area contributed by atoms with Crippen LogP contribution < -0.4 is 0 Å². The summed E-state index contributed by atoms with van der Waals surface area (Å²) in [5, 5.41) is 9.39. The summed E-state index contributed by atoms with van der Waals surface area (Å²) in [5.41, 5.74) is 0.588. The van der Waals surface area contributed by atoms with Gasteiger partial charge in [0.2, 0.25) is 0 Å². The van der Waals surface area contributed by atoms with Gasteiger partial charge in [0.15, 0.2) is 0 Å². The quantitative estimate of drug-likeness (QED) is 0.676. The summed E-state index contributed by atoms with van der Waals surface area (Å²) >= 11 is 0. The van der Waals surface area contributed by atoms with Crippen LogP contribution in [0, 0.1) is 23.6 Å². The van der Waals surface area contributed by atoms with E-state index in [9.17, 15) is 9.50 Å². The molecule has 0 bridgehead atoms. The Morgan fingerprint density at radius 2 is 2.07 bits per heavy atom. The smallest absolute Gasteiger partial charge is 0.124 e. The molecule has 0 aromatic heterocycles. The van der Waals surface area contributed by atoms with Gasteiger partial charge in [0.1, 0.15) is 11.9 Å². The molecule has 1 N–H and O–H groups in total. The molecule has 0 heterocycles. The van der Waals surface area contributed by atoms with Crippen molar-refractivity contribution in [1.29, 1.82) is 0 Å². The molecule has 1 aromatic rings. The summed E-state index contributed by atoms with van der Waals surface area (Å²) in [6.07, 6.45) is -0.654. The van der Waals surface area contributed by atoms with Crippen molar-refractivity contribution >= 4 is 0 Å². The third kappa shape index (κ3) is 3.20. The zero-order valence-electron chi connectivity index (χ0n) is 8.29. The van der Waals surface area contributed by atoms with Crippen molar-refractivity contribution in [3.05, 3.63) is 35.6 Å². The molecule has 2 heteroatoms. The highest BCUT2D eigenvalue weighted by Crippen LogP contribution is 2.03. The summed E-state index contributed by atoms with van der Waals surface area (Å²) < 4.78 is 12.7. The van der Waals surface area contributed by atoms with Crippen LogP contribution in [0.4, 0.5) is 4.39 Å². The maximum atomic E-state index is 12.7. The van der Waals surface area contributed by atoms with Crippen LogP contribution in [0.3, 0.4) is 0 Å². The van der Waals surface area contributed by atoms with E-state index in [1.165, 1.54) is 12.1 Å². The van der Waals surface area contributed by atoms with E-state index in [2.05, 4.69) is 11.8 Å². The Kier molecular flexibility index (Phi) is 3.67. The highest BCUT2D eigenvalue weighted by atomic mass is 19.1. The lowest BCUT2D eigenvalue weighted by atomic mass is 10.1. The first-order chi connectivity index (χ1) is 6.59. The lowest BCUT2D eigenvalue weighted by Gasteiger charge is -2.05. The molecule has 0 radical (unpaired) electrons. The molecule has 0 saturated heterocycles. The van der Waals surface area contributed by atoms with Crippen LogP contribution in [0.25, 0.3) is 0 Å². The largest absolute Gasteiger partial charge is 0.380 e. The average molecular weight is 192 g/mol. The fourth-order valence-electron chi connectivity index (χ4n) is 0.890. The van der Waals surface area contributed by atoms with Gasteiger partial charge in [0.05, 0.1) is 0 Å². The van der Waals surface area contributed by atoms with E-state index in [0.29, 0.717) is 5.56 Å². The molecule has 1 nitrogen and oxygen atoms in total. The van der Waals surface area contributed by atoms with Gasteiger partial charge in [-0.2, -0.15) is 0 Å². The first-order valence-corrected chi connectivity index (χ1v) is 4.55. The van der Waals surface area contributed by atoms with Crippen molar-refractivity contribution in [2.24, 2.45) is 5.92 Å². The van der Waals surface area contributed by atoms with Gasteiger partial charge < -0.3 is 5.11 Å². The predicted octanol–water partition coefficient (Wildman–Crippen LogP) is 2.19. The van der Waals surface area contributed by atoms with E-state index in [4.69, 9.17) is 0 Å². The van der Waals surface area contributed by atoms with Crippen LogP contribution in [0.5, 0.6) is 0 Å². The monoisotopic (exact) mass is 192 g/mol. The number of halogens is 1. The highest BCUT2D eigenvalue weighted by Gasteiger charge is 2.03. The molecule has 74 valence electrons. The first kappa shape index (κ1) is 10.7. The third-order valence-electron chi connectivity index (χ3n) is 1.82. The predicted molar refractivity (Wildman–Crippen MR) is 54.1 cm³/mol. The minimum atomic E-state index is -0.654. The van der Waals surface area contributed by atoms with E-state index in [0.717, 1.165) is 0 Å². The van der Waals surface area contributed by atoms with Crippen molar-refractivity contribution in [2.45, 2.75) is 20.0 Å². The summed E-state index contributed by atoms with van der Waals surface area (Å²) in [4.78, 5) is 0. The lowest BCUT2D eigenvalue weighted by molar-refractivity contribution is 0.181. The van der Waals surface area contributed by atoms with Crippen molar-refractivity contribution in [2.75, 3.05) is 0 Å². The second kappa shape index (κ2) is 4.78. The fraction of sp³-hybridized carbons (Fsp3) is 0.333. The number of hydrogen-bond acceptors (Lipinski definition) is 1. The molecule has 0 aliphatic carbocycles. The minimum Gasteiger partial charge on any atom is -0.380 e. The first-order valence-electron chi connectivity index (χ1n) is 4.55. The molecule has 0 amide bonds. The summed E-state index contributed by atoms with van der Waals surface area (Å²) in [5.74, 6) is 5.18. The second-order valence-electron chi connectivity index (χ2n) is 3.47. The van der Waals surface area contributed by atoms with E-state index in [1.54, 1.807) is 12.1 Å². The Morgan fingerprint density at radius 3 is 2.64 bits per heavy atom. The minimum absolute atomic E-state index is 0.0936. The van der Waals surface area contributed by atoms with E-state index in [-0.39, 0.29) is 11.7 Å². The molecule has 0 aliphatic heterocycles. The van der Waals surface area contributed by atoms with Crippen LogP contribution in [0.1, 0.15) is 19.4 Å². The van der Waals surface area contributed by atoms with Gasteiger partial charge in [-0.15, -0.1) is 0 Å². The topological polar surface area (TPSA) is 20.2 Å². The molecular weight excluding hydrogens is 179 g/mol. The van der Waals surface area contributed by atoms with Crippen LogP contribution >= 0.6 is 0 Å². The lowest BCUT2D eigenvalue weighted by Crippen LogP contribution is -2.11. The average Bonchev–Trinajstić information content (AvgIpc) is 2.14. The van der Waals surface area contributed by atoms with Gasteiger partial charge in [0.25, 0.3) is 0 Å². The Labute approximate surface area is 83.6 Å². The van der Waals surface area contributed by atoms with Crippen LogP contribution in [0.2, 0.25) is 0 Å². The van der Waals surface area contributed by atoms with Gasteiger partial charge >= 0.3 is 0 Å². The standard InChI is InChI=1S/C12H13FO/c1-9(2)12(14)7-6-10-4-3-5-11(13)8-10/h3-5,8-9,12,14H,1-2H3. The van der Waals surface area contributed by atoms with Gasteiger partial charge in [-0.25, -0.2) is 4.39 Å². The molecular formula is C12H13FO. The summed E-state index contributed by atoms with van der Waals surface area (Å²) in [7, 11) is 0. The molecule has 0 saturated carbocycles. The zero-order chi connectivity index (χ0) is 10.6. The van der Waals surface area contributed by atoms with Crippen molar-refractivity contribution in [1.82, 2.24) is 0 Å². The molecule has 0 fully saturated rings.